The van der Waals surface area contributed by atoms with Crippen LogP contribution in [0.3, 0.4) is 0 Å². The van der Waals surface area contributed by atoms with Crippen molar-refractivity contribution in [1.82, 2.24) is 0 Å². The topological polar surface area (TPSA) is 43.4 Å². The Morgan fingerprint density at radius 3 is 2.19 bits per heavy atom. The maximum Gasteiger partial charge on any atom is 0.523 e. The van der Waals surface area contributed by atoms with Crippen LogP contribution in [0.5, 0.6) is 0 Å². The molecule has 1 unspecified atom stereocenters. The summed E-state index contributed by atoms with van der Waals surface area (Å²) in [7, 11) is -11.3. The van der Waals surface area contributed by atoms with E-state index in [-0.39, 0.29) is 5.56 Å². The highest BCUT2D eigenvalue weighted by Crippen LogP contribution is 2.80. The molecule has 1 aliphatic heterocycles. The van der Waals surface area contributed by atoms with E-state index in [4.69, 9.17) is 0 Å². The molecule has 1 aliphatic carbocycles. The van der Waals surface area contributed by atoms with Crippen LogP contribution in [0.1, 0.15) is 30.4 Å². The molecule has 11 heteroatoms. The van der Waals surface area contributed by atoms with Gasteiger partial charge in [0.25, 0.3) is 0 Å². The lowest BCUT2D eigenvalue weighted by Gasteiger charge is -2.43. The van der Waals surface area contributed by atoms with Crippen LogP contribution in [0.25, 0.3) is 6.08 Å². The standard InChI is InChI=1S/C15H14F6O3S2/c1-9-5-6-11-8-13(10-3-2-4-10)25(12(11)7-9,14(16,17)18)24-26(22,23)15(19,20)21/h5-8,10H,2-4H2,1H3. The first-order valence-electron chi connectivity index (χ1n) is 7.54. The van der Waals surface area contributed by atoms with E-state index < -0.39 is 47.2 Å². The number of alkyl halides is 6. The molecule has 0 bridgehead atoms. The van der Waals surface area contributed by atoms with E-state index in [1.807, 2.05) is 0 Å². The van der Waals surface area contributed by atoms with Gasteiger partial charge in [0, 0.05) is 20.1 Å². The Morgan fingerprint density at radius 1 is 1.12 bits per heavy atom. The average molecular weight is 420 g/mol. The number of halogens is 6. The minimum absolute atomic E-state index is 0.0437. The van der Waals surface area contributed by atoms with E-state index in [9.17, 15) is 34.8 Å². The van der Waals surface area contributed by atoms with Crippen LogP contribution in [0.2, 0.25) is 0 Å². The Kier molecular flexibility index (Phi) is 4.44. The van der Waals surface area contributed by atoms with Crippen LogP contribution in [0.15, 0.2) is 28.0 Å². The first-order chi connectivity index (χ1) is 11.8. The molecule has 2 aliphatic rings. The summed E-state index contributed by atoms with van der Waals surface area (Å²) in [5.74, 6) is -0.650. The third kappa shape index (κ3) is 2.84. The second kappa shape index (κ2) is 5.90. The van der Waals surface area contributed by atoms with Crippen LogP contribution in [0, 0.1) is 12.8 Å². The smallest absolute Gasteiger partial charge is 0.196 e. The molecule has 0 aromatic heterocycles. The van der Waals surface area contributed by atoms with Gasteiger partial charge in [-0.25, -0.2) is 0 Å². The monoisotopic (exact) mass is 420 g/mol. The van der Waals surface area contributed by atoms with Crippen molar-refractivity contribution in [2.45, 2.75) is 42.1 Å². The summed E-state index contributed by atoms with van der Waals surface area (Å²) in [6.07, 6.45) is 2.46. The van der Waals surface area contributed by atoms with Gasteiger partial charge in [-0.3, -0.25) is 0 Å². The lowest BCUT2D eigenvalue weighted by Crippen LogP contribution is -2.34. The molecule has 0 amide bonds. The summed E-state index contributed by atoms with van der Waals surface area (Å²) < 4.78 is 108. The van der Waals surface area contributed by atoms with Crippen molar-refractivity contribution in [3.8, 4) is 0 Å². The summed E-state index contributed by atoms with van der Waals surface area (Å²) in [5.41, 5.74) is -10.9. The fourth-order valence-electron chi connectivity index (χ4n) is 2.96. The Morgan fingerprint density at radius 2 is 1.73 bits per heavy atom. The van der Waals surface area contributed by atoms with Crippen molar-refractivity contribution in [2.75, 3.05) is 0 Å². The van der Waals surface area contributed by atoms with Gasteiger partial charge in [-0.1, -0.05) is 18.6 Å². The molecule has 0 spiro atoms. The second-order valence-electron chi connectivity index (χ2n) is 6.19. The van der Waals surface area contributed by atoms with Gasteiger partial charge in [-0.15, -0.1) is 0 Å². The van der Waals surface area contributed by atoms with E-state index in [0.717, 1.165) is 12.1 Å². The predicted octanol–water partition coefficient (Wildman–Crippen LogP) is 5.61. The molecular weight excluding hydrogens is 406 g/mol. The van der Waals surface area contributed by atoms with E-state index in [1.165, 1.54) is 19.1 Å². The Bertz CT molecular complexity index is 868. The van der Waals surface area contributed by atoms with Gasteiger partial charge in [-0.05, 0) is 49.0 Å². The minimum Gasteiger partial charge on any atom is -0.196 e. The number of aryl methyl sites for hydroxylation is 1. The van der Waals surface area contributed by atoms with Crippen LogP contribution in [0.4, 0.5) is 26.3 Å². The first-order valence-corrected chi connectivity index (χ1v) is 10.5. The van der Waals surface area contributed by atoms with Crippen molar-refractivity contribution < 1.29 is 38.4 Å². The quantitative estimate of drug-likeness (QED) is 0.471. The van der Waals surface area contributed by atoms with Crippen molar-refractivity contribution in [3.63, 3.8) is 0 Å². The lowest BCUT2D eigenvalue weighted by molar-refractivity contribution is -0.0547. The number of hydrogen-bond donors (Lipinski definition) is 0. The molecule has 1 fully saturated rings. The van der Waals surface area contributed by atoms with E-state index in [2.05, 4.69) is 3.63 Å². The molecule has 146 valence electrons. The summed E-state index contributed by atoms with van der Waals surface area (Å²) >= 11 is 0. The predicted molar refractivity (Wildman–Crippen MR) is 84.5 cm³/mol. The zero-order valence-corrected chi connectivity index (χ0v) is 15.0. The molecule has 1 aromatic carbocycles. The van der Waals surface area contributed by atoms with Crippen LogP contribution < -0.4 is 0 Å². The number of fused-ring (bicyclic) bond motifs is 1. The van der Waals surface area contributed by atoms with E-state index in [0.29, 0.717) is 24.8 Å². The Labute approximate surface area is 147 Å². The highest BCUT2D eigenvalue weighted by atomic mass is 32.3. The summed E-state index contributed by atoms with van der Waals surface area (Å²) in [5, 5.41) is 0. The lowest BCUT2D eigenvalue weighted by atomic mass is 9.85. The fourth-order valence-corrected chi connectivity index (χ4v) is 7.84. The number of allylic oxidation sites excluding steroid dienone is 1. The van der Waals surface area contributed by atoms with Gasteiger partial charge in [0.1, 0.15) is 0 Å². The molecule has 3 nitrogen and oxygen atoms in total. The average Bonchev–Trinajstić information content (AvgIpc) is 2.70. The van der Waals surface area contributed by atoms with Gasteiger partial charge in [0.2, 0.25) is 0 Å². The van der Waals surface area contributed by atoms with Crippen molar-refractivity contribution in [3.05, 3.63) is 34.2 Å². The number of rotatable bonds is 3. The SMILES string of the molecule is Cc1ccc2c(c1)S(OS(=O)(=O)C(F)(F)F)(C(F)(F)F)C(C1CCC1)=C2. The number of hydrogen-bond acceptors (Lipinski definition) is 3. The zero-order chi connectivity index (χ0) is 19.5. The summed E-state index contributed by atoms with van der Waals surface area (Å²) in [4.78, 5) is -0.940. The Hall–Kier alpha value is -1.20. The largest absolute Gasteiger partial charge is 0.523 e. The zero-order valence-electron chi connectivity index (χ0n) is 13.3. The molecule has 1 aromatic rings. The van der Waals surface area contributed by atoms with Gasteiger partial charge in [0.05, 0.1) is 0 Å². The van der Waals surface area contributed by atoms with Gasteiger partial charge >= 0.3 is 21.1 Å². The highest BCUT2D eigenvalue weighted by Gasteiger charge is 2.65. The van der Waals surface area contributed by atoms with Gasteiger partial charge < -0.3 is 0 Å². The molecule has 3 rings (SSSR count). The van der Waals surface area contributed by atoms with Crippen LogP contribution in [-0.4, -0.2) is 19.4 Å². The van der Waals surface area contributed by atoms with E-state index >= 15 is 0 Å². The van der Waals surface area contributed by atoms with Gasteiger partial charge in [0.15, 0.2) is 0 Å². The van der Waals surface area contributed by atoms with Gasteiger partial charge in [-0.2, -0.15) is 38.4 Å². The summed E-state index contributed by atoms with van der Waals surface area (Å²) in [6, 6.07) is 3.91. The minimum atomic E-state index is -6.45. The third-order valence-corrected chi connectivity index (χ3v) is 9.26. The van der Waals surface area contributed by atoms with Crippen LogP contribution >= 0.6 is 10.3 Å². The van der Waals surface area contributed by atoms with Crippen molar-refractivity contribution in [2.24, 2.45) is 5.92 Å². The summed E-state index contributed by atoms with van der Waals surface area (Å²) in [6.45, 7) is 1.47. The normalized spacial score (nSPS) is 26.7. The molecule has 1 saturated carbocycles. The fraction of sp³-hybridized carbons (Fsp3) is 0.467. The maximum absolute atomic E-state index is 14.2. The highest BCUT2D eigenvalue weighted by molar-refractivity contribution is 8.37. The van der Waals surface area contributed by atoms with E-state index in [1.54, 1.807) is 0 Å². The molecule has 0 saturated heterocycles. The molecule has 0 N–H and O–H groups in total. The molecule has 26 heavy (non-hydrogen) atoms. The van der Waals surface area contributed by atoms with Crippen molar-refractivity contribution in [1.29, 1.82) is 0 Å². The number of benzene rings is 1. The molecule has 1 atom stereocenters. The first kappa shape index (κ1) is 19.6. The van der Waals surface area contributed by atoms with Crippen LogP contribution in [-0.2, 0) is 13.7 Å². The Balaban J connectivity index is 2.27. The third-order valence-electron chi connectivity index (χ3n) is 4.42. The maximum atomic E-state index is 14.2. The molecule has 0 radical (unpaired) electrons. The van der Waals surface area contributed by atoms with Crippen molar-refractivity contribution >= 4 is 26.5 Å². The molecule has 1 heterocycles. The molecular formula is C15H14F6O3S2. The second-order valence-corrected chi connectivity index (χ2v) is 10.6.